The first-order valence-corrected chi connectivity index (χ1v) is 7.11. The number of ether oxygens (including phenoxy) is 2. The molecule has 0 fully saturated rings. The molecule has 20 heavy (non-hydrogen) atoms. The lowest BCUT2D eigenvalue weighted by Crippen LogP contribution is -2.31. The Morgan fingerprint density at radius 1 is 1.35 bits per heavy atom. The molecule has 1 rings (SSSR count). The number of unbranched alkanes of at least 4 members (excludes halogenated alkanes) is 1. The van der Waals surface area contributed by atoms with E-state index in [0.717, 1.165) is 25.3 Å². The van der Waals surface area contributed by atoms with Crippen LogP contribution in [0.2, 0.25) is 0 Å². The van der Waals surface area contributed by atoms with Crippen LogP contribution in [0.3, 0.4) is 0 Å². The molecule has 116 valence electrons. The largest absolute Gasteiger partial charge is 0.389 e. The summed E-state index contributed by atoms with van der Waals surface area (Å²) in [6.07, 6.45) is 3.33. The van der Waals surface area contributed by atoms with Crippen molar-refractivity contribution in [3.05, 3.63) is 12.2 Å². The van der Waals surface area contributed by atoms with Crippen molar-refractivity contribution in [3.8, 4) is 0 Å². The average molecular weight is 286 g/mol. The van der Waals surface area contributed by atoms with E-state index in [1.54, 1.807) is 6.33 Å². The van der Waals surface area contributed by atoms with Crippen molar-refractivity contribution in [2.24, 2.45) is 7.05 Å². The Morgan fingerprint density at radius 3 is 2.85 bits per heavy atom. The zero-order valence-corrected chi connectivity index (χ0v) is 12.4. The smallest absolute Gasteiger partial charge is 0.146 e. The van der Waals surface area contributed by atoms with Crippen LogP contribution in [-0.4, -0.2) is 58.9 Å². The minimum absolute atomic E-state index is 0.308. The summed E-state index contributed by atoms with van der Waals surface area (Å²) in [4.78, 5) is 0. The van der Waals surface area contributed by atoms with Crippen LogP contribution in [0.25, 0.3) is 0 Å². The Labute approximate surface area is 120 Å². The lowest BCUT2D eigenvalue weighted by Gasteiger charge is -2.12. The zero-order chi connectivity index (χ0) is 14.6. The molecule has 0 saturated heterocycles. The van der Waals surface area contributed by atoms with Crippen LogP contribution in [0.15, 0.2) is 6.33 Å². The van der Waals surface area contributed by atoms with Gasteiger partial charge in [-0.25, -0.2) is 0 Å². The molecule has 1 heterocycles. The molecule has 1 aromatic rings. The fraction of sp³-hybridized carbons (Fsp3) is 0.846. The van der Waals surface area contributed by atoms with E-state index in [9.17, 15) is 5.11 Å². The molecule has 0 bridgehead atoms. The Balaban J connectivity index is 1.93. The van der Waals surface area contributed by atoms with Crippen LogP contribution in [0.5, 0.6) is 0 Å². The summed E-state index contributed by atoms with van der Waals surface area (Å²) in [6.45, 7) is 5.36. The standard InChI is InChI=1S/C13H26N4O3/c1-3-4-5-19-6-7-20-10-12(18)8-14-9-13-16-15-11-17(13)2/h11-12,14,18H,3-10H2,1-2H3. The van der Waals surface area contributed by atoms with Gasteiger partial charge in [-0.1, -0.05) is 13.3 Å². The summed E-state index contributed by atoms with van der Waals surface area (Å²) < 4.78 is 12.5. The third-order valence-electron chi connectivity index (χ3n) is 2.79. The van der Waals surface area contributed by atoms with Crippen molar-refractivity contribution in [1.29, 1.82) is 0 Å². The summed E-state index contributed by atoms with van der Waals surface area (Å²) >= 11 is 0. The van der Waals surface area contributed by atoms with Crippen LogP contribution in [-0.2, 0) is 23.1 Å². The predicted molar refractivity (Wildman–Crippen MR) is 75.3 cm³/mol. The molecule has 2 N–H and O–H groups in total. The summed E-state index contributed by atoms with van der Waals surface area (Å²) in [6, 6.07) is 0. The highest BCUT2D eigenvalue weighted by atomic mass is 16.5. The maximum absolute atomic E-state index is 9.72. The van der Waals surface area contributed by atoms with E-state index in [0.29, 0.717) is 32.9 Å². The average Bonchev–Trinajstić information content (AvgIpc) is 2.83. The second-order valence-electron chi connectivity index (χ2n) is 4.68. The molecule has 0 amide bonds. The van der Waals surface area contributed by atoms with Crippen molar-refractivity contribution < 1.29 is 14.6 Å². The van der Waals surface area contributed by atoms with Gasteiger partial charge in [0, 0.05) is 20.2 Å². The van der Waals surface area contributed by atoms with Crippen molar-refractivity contribution >= 4 is 0 Å². The van der Waals surface area contributed by atoms with Crippen LogP contribution < -0.4 is 5.32 Å². The number of aryl methyl sites for hydroxylation is 1. The topological polar surface area (TPSA) is 81.4 Å². The van der Waals surface area contributed by atoms with E-state index in [-0.39, 0.29) is 0 Å². The first-order valence-electron chi connectivity index (χ1n) is 7.11. The number of aromatic nitrogens is 3. The van der Waals surface area contributed by atoms with Crippen LogP contribution in [0.1, 0.15) is 25.6 Å². The molecule has 0 radical (unpaired) electrons. The first kappa shape index (κ1) is 17.0. The Morgan fingerprint density at radius 2 is 2.15 bits per heavy atom. The molecule has 7 heteroatoms. The Kier molecular flexibility index (Phi) is 9.14. The second-order valence-corrected chi connectivity index (χ2v) is 4.68. The highest BCUT2D eigenvalue weighted by molar-refractivity contribution is 4.83. The van der Waals surface area contributed by atoms with Gasteiger partial charge < -0.3 is 24.5 Å². The molecule has 0 aliphatic carbocycles. The van der Waals surface area contributed by atoms with E-state index in [4.69, 9.17) is 9.47 Å². The van der Waals surface area contributed by atoms with Gasteiger partial charge in [-0.2, -0.15) is 0 Å². The molecule has 1 unspecified atom stereocenters. The van der Waals surface area contributed by atoms with Crippen LogP contribution >= 0.6 is 0 Å². The lowest BCUT2D eigenvalue weighted by atomic mass is 10.3. The summed E-state index contributed by atoms with van der Waals surface area (Å²) in [7, 11) is 1.88. The van der Waals surface area contributed by atoms with Gasteiger partial charge in [0.05, 0.1) is 32.5 Å². The molecule has 1 atom stereocenters. The van der Waals surface area contributed by atoms with E-state index in [2.05, 4.69) is 22.4 Å². The first-order chi connectivity index (χ1) is 9.74. The third-order valence-corrected chi connectivity index (χ3v) is 2.79. The monoisotopic (exact) mass is 286 g/mol. The van der Waals surface area contributed by atoms with Crippen molar-refractivity contribution in [2.75, 3.05) is 33.0 Å². The van der Waals surface area contributed by atoms with Crippen LogP contribution in [0, 0.1) is 0 Å². The molecule has 0 aliphatic heterocycles. The fourth-order valence-corrected chi connectivity index (χ4v) is 1.56. The Hall–Kier alpha value is -1.02. The van der Waals surface area contributed by atoms with Crippen molar-refractivity contribution in [2.45, 2.75) is 32.4 Å². The Bertz CT molecular complexity index is 346. The summed E-state index contributed by atoms with van der Waals surface area (Å²) in [5.74, 6) is 0.836. The fourth-order valence-electron chi connectivity index (χ4n) is 1.56. The van der Waals surface area contributed by atoms with Gasteiger partial charge in [-0.05, 0) is 6.42 Å². The molecule has 1 aromatic heterocycles. The van der Waals surface area contributed by atoms with Gasteiger partial charge in [-0.15, -0.1) is 10.2 Å². The maximum atomic E-state index is 9.72. The molecule has 7 nitrogen and oxygen atoms in total. The molecule has 0 saturated carbocycles. The van der Waals surface area contributed by atoms with E-state index >= 15 is 0 Å². The number of aliphatic hydroxyl groups excluding tert-OH is 1. The minimum Gasteiger partial charge on any atom is -0.389 e. The minimum atomic E-state index is -0.529. The van der Waals surface area contributed by atoms with E-state index in [1.165, 1.54) is 0 Å². The number of aliphatic hydroxyl groups is 1. The third kappa shape index (κ3) is 7.54. The van der Waals surface area contributed by atoms with Gasteiger partial charge in [-0.3, -0.25) is 0 Å². The number of hydrogen-bond acceptors (Lipinski definition) is 6. The van der Waals surface area contributed by atoms with E-state index < -0.39 is 6.10 Å². The summed E-state index contributed by atoms with van der Waals surface area (Å²) in [5.41, 5.74) is 0. The maximum Gasteiger partial charge on any atom is 0.146 e. The summed E-state index contributed by atoms with van der Waals surface area (Å²) in [5, 5.41) is 20.6. The quantitative estimate of drug-likeness (QED) is 0.530. The number of hydrogen-bond donors (Lipinski definition) is 2. The van der Waals surface area contributed by atoms with Crippen LogP contribution in [0.4, 0.5) is 0 Å². The number of rotatable bonds is 12. The van der Waals surface area contributed by atoms with Gasteiger partial charge in [0.1, 0.15) is 12.2 Å². The van der Waals surface area contributed by atoms with E-state index in [1.807, 2.05) is 11.6 Å². The van der Waals surface area contributed by atoms with Crippen molar-refractivity contribution in [3.63, 3.8) is 0 Å². The van der Waals surface area contributed by atoms with Gasteiger partial charge in [0.2, 0.25) is 0 Å². The highest BCUT2D eigenvalue weighted by Gasteiger charge is 2.05. The molecular weight excluding hydrogens is 260 g/mol. The normalized spacial score (nSPS) is 12.8. The number of nitrogens with one attached hydrogen (secondary N) is 1. The second kappa shape index (κ2) is 10.7. The lowest BCUT2D eigenvalue weighted by molar-refractivity contribution is 0.00380. The molecule has 0 spiro atoms. The highest BCUT2D eigenvalue weighted by Crippen LogP contribution is 1.92. The predicted octanol–water partition coefficient (Wildman–Crippen LogP) is 0.0989. The van der Waals surface area contributed by atoms with Crippen molar-refractivity contribution in [1.82, 2.24) is 20.1 Å². The molecule has 0 aromatic carbocycles. The zero-order valence-electron chi connectivity index (χ0n) is 12.4. The van der Waals surface area contributed by atoms with Gasteiger partial charge >= 0.3 is 0 Å². The van der Waals surface area contributed by atoms with Gasteiger partial charge in [0.15, 0.2) is 0 Å². The number of nitrogens with zero attached hydrogens (tertiary/aromatic N) is 3. The SMILES string of the molecule is CCCCOCCOCC(O)CNCc1nncn1C. The molecular formula is C13H26N4O3. The van der Waals surface area contributed by atoms with Gasteiger partial charge in [0.25, 0.3) is 0 Å². The molecule has 0 aliphatic rings.